The molecule has 0 bridgehead atoms. The molecular formula is C15H17N3O4S2. The number of piperidine rings is 1. The highest BCUT2D eigenvalue weighted by molar-refractivity contribution is 7.89. The van der Waals surface area contributed by atoms with Crippen LogP contribution in [0.5, 0.6) is 0 Å². The van der Waals surface area contributed by atoms with E-state index in [9.17, 15) is 18.3 Å². The Kier molecular flexibility index (Phi) is 4.95. The Labute approximate surface area is 144 Å². The van der Waals surface area contributed by atoms with Crippen LogP contribution in [0.1, 0.15) is 22.5 Å². The van der Waals surface area contributed by atoms with E-state index in [1.807, 2.05) is 0 Å². The monoisotopic (exact) mass is 367 g/mol. The quantitative estimate of drug-likeness (QED) is 0.854. The van der Waals surface area contributed by atoms with E-state index in [2.05, 4.69) is 10.3 Å². The maximum absolute atomic E-state index is 12.7. The molecule has 1 unspecified atom stereocenters. The molecule has 3 rings (SSSR count). The molecule has 1 fully saturated rings. The Bertz CT molecular complexity index is 821. The lowest BCUT2D eigenvalue weighted by Gasteiger charge is -2.29. The van der Waals surface area contributed by atoms with E-state index in [1.165, 1.54) is 34.0 Å². The topological polar surface area (TPSA) is 99.6 Å². The summed E-state index contributed by atoms with van der Waals surface area (Å²) >= 11 is 1.21. The summed E-state index contributed by atoms with van der Waals surface area (Å²) in [4.78, 5) is 16.4. The molecular weight excluding hydrogens is 350 g/mol. The summed E-state index contributed by atoms with van der Waals surface area (Å²) in [7, 11) is -3.69. The van der Waals surface area contributed by atoms with Gasteiger partial charge >= 0.3 is 0 Å². The van der Waals surface area contributed by atoms with Gasteiger partial charge in [0.15, 0.2) is 0 Å². The van der Waals surface area contributed by atoms with Crippen molar-refractivity contribution in [3.63, 3.8) is 0 Å². The van der Waals surface area contributed by atoms with Crippen LogP contribution in [0.3, 0.4) is 0 Å². The largest absolute Gasteiger partial charge is 0.392 e. The molecule has 2 N–H and O–H groups in total. The van der Waals surface area contributed by atoms with E-state index in [-0.39, 0.29) is 17.3 Å². The molecule has 0 spiro atoms. The molecule has 1 amide bonds. The molecule has 2 aromatic rings. The number of aliphatic hydroxyl groups excluding tert-OH is 1. The number of rotatable bonds is 4. The molecule has 1 aromatic carbocycles. The Morgan fingerprint density at radius 3 is 2.96 bits per heavy atom. The summed E-state index contributed by atoms with van der Waals surface area (Å²) < 4.78 is 26.7. The molecule has 1 aromatic heterocycles. The number of carbonyl (C=O) groups is 1. The molecule has 7 nitrogen and oxygen atoms in total. The predicted molar refractivity (Wildman–Crippen MR) is 90.5 cm³/mol. The number of hydrogen-bond acceptors (Lipinski definition) is 6. The second kappa shape index (κ2) is 6.98. The van der Waals surface area contributed by atoms with Crippen molar-refractivity contribution in [2.45, 2.75) is 23.8 Å². The van der Waals surface area contributed by atoms with Gasteiger partial charge < -0.3 is 10.4 Å². The molecule has 24 heavy (non-hydrogen) atoms. The summed E-state index contributed by atoms with van der Waals surface area (Å²) in [6.45, 7) is 0.483. The van der Waals surface area contributed by atoms with Gasteiger partial charge in [-0.3, -0.25) is 9.78 Å². The Morgan fingerprint density at radius 1 is 1.42 bits per heavy atom. The second-order valence-electron chi connectivity index (χ2n) is 5.51. The van der Waals surface area contributed by atoms with Crippen molar-refractivity contribution in [2.75, 3.05) is 18.4 Å². The Hall–Kier alpha value is -1.81. The van der Waals surface area contributed by atoms with Crippen molar-refractivity contribution >= 4 is 33.0 Å². The number of nitrogens with one attached hydrogen (secondary N) is 1. The molecule has 0 radical (unpaired) electrons. The molecule has 0 aliphatic carbocycles. The minimum atomic E-state index is -3.69. The Morgan fingerprint density at radius 2 is 2.25 bits per heavy atom. The van der Waals surface area contributed by atoms with Gasteiger partial charge in [-0.25, -0.2) is 8.42 Å². The number of nitrogens with zero attached hydrogens (tertiary/aromatic N) is 2. The lowest BCUT2D eigenvalue weighted by molar-refractivity contribution is 0.103. The zero-order chi connectivity index (χ0) is 17.2. The number of benzene rings is 1. The number of β-amino-alcohol motifs (C(OH)–C–C–N with tert-alkyl or cyclic N) is 1. The van der Waals surface area contributed by atoms with Crippen LogP contribution in [-0.2, 0) is 10.0 Å². The summed E-state index contributed by atoms with van der Waals surface area (Å²) in [5.74, 6) is -0.333. The normalized spacial score (nSPS) is 19.1. The van der Waals surface area contributed by atoms with Crippen molar-refractivity contribution in [3.8, 4) is 0 Å². The van der Waals surface area contributed by atoms with Gasteiger partial charge in [0.1, 0.15) is 4.88 Å². The van der Waals surface area contributed by atoms with Gasteiger partial charge in [-0.2, -0.15) is 4.31 Å². The fourth-order valence-corrected chi connectivity index (χ4v) is 4.62. The van der Waals surface area contributed by atoms with E-state index in [1.54, 1.807) is 17.6 Å². The van der Waals surface area contributed by atoms with Crippen LogP contribution in [0.4, 0.5) is 5.69 Å². The summed E-state index contributed by atoms with van der Waals surface area (Å²) in [6.07, 6.45) is 2.05. The molecule has 1 atom stereocenters. The number of aliphatic hydroxyl groups is 1. The van der Waals surface area contributed by atoms with Gasteiger partial charge in [0.05, 0.1) is 22.7 Å². The highest BCUT2D eigenvalue weighted by Gasteiger charge is 2.29. The third-order valence-corrected chi connectivity index (χ3v) is 6.38. The van der Waals surface area contributed by atoms with E-state index in [4.69, 9.17) is 0 Å². The highest BCUT2D eigenvalue weighted by atomic mass is 32.2. The van der Waals surface area contributed by atoms with Crippen LogP contribution in [0.25, 0.3) is 0 Å². The molecule has 2 heterocycles. The zero-order valence-electron chi connectivity index (χ0n) is 12.8. The van der Waals surface area contributed by atoms with Crippen molar-refractivity contribution < 1.29 is 18.3 Å². The number of sulfonamides is 1. The van der Waals surface area contributed by atoms with Crippen molar-refractivity contribution in [1.29, 1.82) is 0 Å². The fraction of sp³-hybridized carbons (Fsp3) is 0.333. The molecule has 1 saturated heterocycles. The molecule has 1 aliphatic rings. The van der Waals surface area contributed by atoms with Gasteiger partial charge in [0.25, 0.3) is 5.91 Å². The van der Waals surface area contributed by atoms with Crippen LogP contribution in [0.15, 0.2) is 40.9 Å². The van der Waals surface area contributed by atoms with Crippen LogP contribution in [0, 0.1) is 0 Å². The summed E-state index contributed by atoms with van der Waals surface area (Å²) in [6, 6.07) is 6.12. The fourth-order valence-electron chi connectivity index (χ4n) is 2.54. The standard InChI is InChI=1S/C15H17N3O4S2/c19-12-4-2-6-18(9-12)24(21,22)13-5-1-3-11(7-13)17-15(20)14-8-16-10-23-14/h1,3,5,7-8,10,12,19H,2,4,6,9H2,(H,17,20). The average Bonchev–Trinajstić information content (AvgIpc) is 3.10. The minimum Gasteiger partial charge on any atom is -0.392 e. The SMILES string of the molecule is O=C(Nc1cccc(S(=O)(=O)N2CCCC(O)C2)c1)c1cncs1. The first kappa shape index (κ1) is 17.0. The number of hydrogen-bond donors (Lipinski definition) is 2. The Balaban J connectivity index is 1.80. The van der Waals surface area contributed by atoms with Crippen LogP contribution in [-0.4, -0.2) is 47.9 Å². The summed E-state index contributed by atoms with van der Waals surface area (Å²) in [5, 5.41) is 12.4. The molecule has 1 aliphatic heterocycles. The average molecular weight is 367 g/mol. The predicted octanol–water partition coefficient (Wildman–Crippen LogP) is 1.54. The number of aromatic nitrogens is 1. The summed E-state index contributed by atoms with van der Waals surface area (Å²) in [5.41, 5.74) is 1.95. The van der Waals surface area contributed by atoms with Crippen LogP contribution >= 0.6 is 11.3 Å². The molecule has 9 heteroatoms. The van der Waals surface area contributed by atoms with Crippen molar-refractivity contribution in [2.24, 2.45) is 0 Å². The third-order valence-electron chi connectivity index (χ3n) is 3.75. The third kappa shape index (κ3) is 3.64. The van der Waals surface area contributed by atoms with Gasteiger partial charge in [-0.05, 0) is 31.0 Å². The second-order valence-corrected chi connectivity index (χ2v) is 8.33. The number of carbonyl (C=O) groups excluding carboxylic acids is 1. The number of thiazole rings is 1. The number of anilines is 1. The van der Waals surface area contributed by atoms with Gasteiger partial charge in [-0.1, -0.05) is 6.07 Å². The van der Waals surface area contributed by atoms with Gasteiger partial charge in [-0.15, -0.1) is 11.3 Å². The minimum absolute atomic E-state index is 0.0960. The van der Waals surface area contributed by atoms with Crippen molar-refractivity contribution in [1.82, 2.24) is 9.29 Å². The van der Waals surface area contributed by atoms with E-state index >= 15 is 0 Å². The van der Waals surface area contributed by atoms with E-state index in [0.717, 1.165) is 0 Å². The van der Waals surface area contributed by atoms with Gasteiger partial charge in [0.2, 0.25) is 10.0 Å². The zero-order valence-corrected chi connectivity index (χ0v) is 14.4. The first-order valence-corrected chi connectivity index (χ1v) is 9.77. The van der Waals surface area contributed by atoms with Crippen molar-refractivity contribution in [3.05, 3.63) is 40.8 Å². The van der Waals surface area contributed by atoms with Gasteiger partial charge in [0, 0.05) is 18.8 Å². The first-order chi connectivity index (χ1) is 11.5. The molecule has 128 valence electrons. The van der Waals surface area contributed by atoms with E-state index < -0.39 is 16.1 Å². The molecule has 0 saturated carbocycles. The van der Waals surface area contributed by atoms with Crippen LogP contribution in [0.2, 0.25) is 0 Å². The smallest absolute Gasteiger partial charge is 0.267 e. The van der Waals surface area contributed by atoms with Crippen LogP contribution < -0.4 is 5.32 Å². The van der Waals surface area contributed by atoms with E-state index in [0.29, 0.717) is 30.0 Å². The lowest BCUT2D eigenvalue weighted by atomic mass is 10.1. The number of amides is 1. The maximum Gasteiger partial charge on any atom is 0.267 e. The highest BCUT2D eigenvalue weighted by Crippen LogP contribution is 2.23. The lowest BCUT2D eigenvalue weighted by Crippen LogP contribution is -2.42. The maximum atomic E-state index is 12.7. The first-order valence-electron chi connectivity index (χ1n) is 7.45.